The third-order valence-electron chi connectivity index (χ3n) is 3.95. The van der Waals surface area contributed by atoms with Crippen molar-refractivity contribution in [3.05, 3.63) is 40.9 Å². The van der Waals surface area contributed by atoms with Crippen molar-refractivity contribution in [3.8, 4) is 11.1 Å². The molecule has 24 heavy (non-hydrogen) atoms. The Morgan fingerprint density at radius 1 is 1.29 bits per heavy atom. The van der Waals surface area contributed by atoms with Crippen molar-refractivity contribution in [2.45, 2.75) is 24.6 Å². The highest BCUT2D eigenvalue weighted by molar-refractivity contribution is 5.73. The number of rotatable bonds is 3. The van der Waals surface area contributed by atoms with E-state index < -0.39 is 36.9 Å². The summed E-state index contributed by atoms with van der Waals surface area (Å²) in [5, 5.41) is 18.8. The monoisotopic (exact) mass is 336 g/mol. The summed E-state index contributed by atoms with van der Waals surface area (Å²) in [6.45, 7) is -0.569. The minimum atomic E-state index is -1.88. The fourth-order valence-corrected chi connectivity index (χ4v) is 2.63. The quantitative estimate of drug-likeness (QED) is 0.563. The van der Waals surface area contributed by atoms with Crippen LogP contribution in [-0.2, 0) is 4.74 Å². The van der Waals surface area contributed by atoms with Gasteiger partial charge >= 0.3 is 5.69 Å². The zero-order valence-electron chi connectivity index (χ0n) is 12.5. The highest BCUT2D eigenvalue weighted by Crippen LogP contribution is 2.32. The first-order valence-corrected chi connectivity index (χ1v) is 7.25. The second kappa shape index (κ2) is 6.19. The zero-order valence-corrected chi connectivity index (χ0v) is 12.5. The van der Waals surface area contributed by atoms with Gasteiger partial charge in [0.2, 0.25) is 0 Å². The first-order valence-electron chi connectivity index (χ1n) is 7.25. The van der Waals surface area contributed by atoms with Crippen LogP contribution in [0.5, 0.6) is 0 Å². The number of aromatic nitrogens is 2. The van der Waals surface area contributed by atoms with Crippen LogP contribution >= 0.6 is 0 Å². The van der Waals surface area contributed by atoms with Gasteiger partial charge in [0, 0.05) is 17.4 Å². The minimum absolute atomic E-state index is 0.0197. The van der Waals surface area contributed by atoms with Crippen LogP contribution in [0.25, 0.3) is 11.1 Å². The number of nitrogen functional groups attached to an aromatic ring is 2. The summed E-state index contributed by atoms with van der Waals surface area (Å²) in [4.78, 5) is 15.8. The molecule has 1 aliphatic rings. The topological polar surface area (TPSA) is 137 Å². The van der Waals surface area contributed by atoms with Gasteiger partial charge in [-0.15, -0.1) is 0 Å². The van der Waals surface area contributed by atoms with Crippen molar-refractivity contribution in [2.24, 2.45) is 0 Å². The highest BCUT2D eigenvalue weighted by atomic mass is 19.1. The van der Waals surface area contributed by atoms with Gasteiger partial charge in [0.05, 0.1) is 6.61 Å². The lowest BCUT2D eigenvalue weighted by Gasteiger charge is -2.17. The molecule has 2 heterocycles. The molecule has 8 nitrogen and oxygen atoms in total. The zero-order chi connectivity index (χ0) is 17.4. The molecule has 0 saturated carbocycles. The van der Waals surface area contributed by atoms with Crippen molar-refractivity contribution in [2.75, 3.05) is 18.1 Å². The van der Waals surface area contributed by atoms with Crippen LogP contribution in [0.4, 0.5) is 15.9 Å². The number of aliphatic hydroxyl groups is 2. The Balaban J connectivity index is 2.05. The van der Waals surface area contributed by atoms with E-state index in [1.807, 2.05) is 0 Å². The van der Waals surface area contributed by atoms with Gasteiger partial charge in [-0.05, 0) is 17.7 Å². The van der Waals surface area contributed by atoms with E-state index in [1.165, 1.54) is 6.20 Å². The Morgan fingerprint density at radius 2 is 1.96 bits per heavy atom. The van der Waals surface area contributed by atoms with Gasteiger partial charge in [-0.3, -0.25) is 4.57 Å². The summed E-state index contributed by atoms with van der Waals surface area (Å²) in [6, 6.07) is 6.68. The van der Waals surface area contributed by atoms with Gasteiger partial charge in [-0.1, -0.05) is 12.1 Å². The first-order chi connectivity index (χ1) is 11.4. The van der Waals surface area contributed by atoms with Gasteiger partial charge < -0.3 is 26.4 Å². The number of nitrogens with zero attached hydrogens (tertiary/aromatic N) is 2. The Kier molecular flexibility index (Phi) is 4.22. The van der Waals surface area contributed by atoms with E-state index in [2.05, 4.69) is 4.98 Å². The van der Waals surface area contributed by atoms with E-state index >= 15 is 0 Å². The summed E-state index contributed by atoms with van der Waals surface area (Å²) in [6.07, 6.45) is -4.62. The van der Waals surface area contributed by atoms with Crippen molar-refractivity contribution < 1.29 is 19.3 Å². The maximum Gasteiger partial charge on any atom is 0.351 e. The highest BCUT2D eigenvalue weighted by Gasteiger charge is 2.45. The third-order valence-corrected chi connectivity index (χ3v) is 3.95. The molecule has 0 amide bonds. The smallest absolute Gasteiger partial charge is 0.351 e. The summed E-state index contributed by atoms with van der Waals surface area (Å²) in [5.41, 5.74) is 12.2. The number of hydrogen-bond donors (Lipinski definition) is 4. The van der Waals surface area contributed by atoms with Crippen LogP contribution in [0.2, 0.25) is 0 Å². The Bertz CT molecular complexity index is 795. The van der Waals surface area contributed by atoms with Gasteiger partial charge in [0.25, 0.3) is 0 Å². The van der Waals surface area contributed by atoms with Crippen molar-refractivity contribution in [1.29, 1.82) is 0 Å². The summed E-state index contributed by atoms with van der Waals surface area (Å²) in [7, 11) is 0. The predicted octanol–water partition coefficient (Wildman–Crippen LogP) is -0.337. The van der Waals surface area contributed by atoms with Crippen LogP contribution < -0.4 is 17.2 Å². The van der Waals surface area contributed by atoms with Gasteiger partial charge in [0.1, 0.15) is 18.0 Å². The largest absolute Gasteiger partial charge is 0.399 e. The lowest BCUT2D eigenvalue weighted by molar-refractivity contribution is -0.0490. The molecule has 2 aromatic rings. The van der Waals surface area contributed by atoms with Gasteiger partial charge in [-0.2, -0.15) is 4.98 Å². The van der Waals surface area contributed by atoms with Crippen LogP contribution in [0.3, 0.4) is 0 Å². The number of halogens is 1. The minimum Gasteiger partial charge on any atom is -0.399 e. The summed E-state index contributed by atoms with van der Waals surface area (Å²) < 4.78 is 20.4. The predicted molar refractivity (Wildman–Crippen MR) is 84.7 cm³/mol. The molecule has 6 N–H and O–H groups in total. The molecular formula is C15H17FN4O4. The molecule has 1 aliphatic heterocycles. The van der Waals surface area contributed by atoms with E-state index in [1.54, 1.807) is 24.3 Å². The molecule has 128 valence electrons. The molecule has 0 bridgehead atoms. The van der Waals surface area contributed by atoms with Crippen molar-refractivity contribution in [1.82, 2.24) is 9.55 Å². The van der Waals surface area contributed by atoms with Crippen LogP contribution in [0.15, 0.2) is 35.3 Å². The molecule has 0 spiro atoms. The molecular weight excluding hydrogens is 319 g/mol. The molecule has 0 unspecified atom stereocenters. The average Bonchev–Trinajstić information content (AvgIpc) is 2.84. The molecule has 1 saturated heterocycles. The number of nitrogens with two attached hydrogens (primary N) is 2. The fourth-order valence-electron chi connectivity index (χ4n) is 2.63. The van der Waals surface area contributed by atoms with Crippen molar-refractivity contribution in [3.63, 3.8) is 0 Å². The SMILES string of the molecule is Nc1ccc(-c2cn([C@@H]3O[C@H](CO)[C@@H](O)[C@@H]3F)c(=O)nc2N)cc1. The Morgan fingerprint density at radius 3 is 2.54 bits per heavy atom. The molecule has 4 atom stereocenters. The third kappa shape index (κ3) is 2.73. The second-order valence-corrected chi connectivity index (χ2v) is 5.53. The van der Waals surface area contributed by atoms with Gasteiger partial charge in [0.15, 0.2) is 12.4 Å². The number of benzene rings is 1. The second-order valence-electron chi connectivity index (χ2n) is 5.53. The van der Waals surface area contributed by atoms with Crippen molar-refractivity contribution >= 4 is 11.5 Å². The van der Waals surface area contributed by atoms with Crippen LogP contribution in [0, 0.1) is 0 Å². The molecule has 1 aromatic carbocycles. The Hall–Kier alpha value is -2.49. The Labute approximate surface area is 136 Å². The van der Waals surface area contributed by atoms with E-state index in [0.717, 1.165) is 4.57 Å². The lowest BCUT2D eigenvalue weighted by Crippen LogP contribution is -2.33. The maximum absolute atomic E-state index is 14.3. The fraction of sp³-hybridized carbons (Fsp3) is 0.333. The van der Waals surface area contributed by atoms with Crippen LogP contribution in [-0.4, -0.2) is 44.8 Å². The average molecular weight is 336 g/mol. The number of anilines is 2. The summed E-state index contributed by atoms with van der Waals surface area (Å²) >= 11 is 0. The normalized spacial score (nSPS) is 26.6. The number of ether oxygens (including phenoxy) is 1. The van der Waals surface area contributed by atoms with E-state index in [-0.39, 0.29) is 5.82 Å². The lowest BCUT2D eigenvalue weighted by atomic mass is 10.1. The van der Waals surface area contributed by atoms with E-state index in [9.17, 15) is 14.3 Å². The van der Waals surface area contributed by atoms with E-state index in [4.69, 9.17) is 21.3 Å². The molecule has 1 fully saturated rings. The number of aliphatic hydroxyl groups excluding tert-OH is 2. The van der Waals surface area contributed by atoms with E-state index in [0.29, 0.717) is 16.8 Å². The molecule has 3 rings (SSSR count). The summed E-state index contributed by atoms with van der Waals surface area (Å²) in [5.74, 6) is -0.0197. The molecule has 9 heteroatoms. The molecule has 1 aromatic heterocycles. The van der Waals surface area contributed by atoms with Gasteiger partial charge in [-0.25, -0.2) is 9.18 Å². The molecule has 0 aliphatic carbocycles. The molecule has 0 radical (unpaired) electrons. The number of hydrogen-bond acceptors (Lipinski definition) is 7. The first kappa shape index (κ1) is 16.4. The number of alkyl halides is 1. The standard InChI is InChI=1S/C15H17FN4O4/c16-11-12(22)10(6-21)24-14(11)20-5-9(13(18)19-15(20)23)7-1-3-8(17)4-2-7/h1-5,10-12,14,21-22H,6,17H2,(H2,18,19,23)/t10-,11+,12-,14-/m1/s1. The maximum atomic E-state index is 14.3. The van der Waals surface area contributed by atoms with Crippen LogP contribution in [0.1, 0.15) is 6.23 Å².